The van der Waals surface area contributed by atoms with Crippen molar-refractivity contribution in [2.75, 3.05) is 13.6 Å². The molecule has 0 spiro atoms. The molecule has 1 aromatic heterocycles. The Hall–Kier alpha value is -1.09. The molecule has 0 atom stereocenters. The van der Waals surface area contributed by atoms with Crippen molar-refractivity contribution in [2.24, 2.45) is 5.92 Å². The van der Waals surface area contributed by atoms with Crippen LogP contribution in [-0.4, -0.2) is 29.4 Å². The Bertz CT molecular complexity index is 441. The Morgan fingerprint density at radius 2 is 2.17 bits per heavy atom. The van der Waals surface area contributed by atoms with Gasteiger partial charge in [0.1, 0.15) is 0 Å². The molecule has 2 rings (SSSR count). The van der Waals surface area contributed by atoms with Gasteiger partial charge in [0.05, 0.1) is 10.6 Å². The number of halogens is 1. The summed E-state index contributed by atoms with van der Waals surface area (Å²) >= 11 is 6.10. The molecular weight excluding hydrogens is 248 g/mol. The minimum Gasteiger partial charge on any atom is -0.341 e. The second kappa shape index (κ2) is 5.70. The molecule has 18 heavy (non-hydrogen) atoms. The van der Waals surface area contributed by atoms with E-state index in [2.05, 4.69) is 4.98 Å². The lowest BCUT2D eigenvalue weighted by molar-refractivity contribution is 0.0773. The number of nitrogens with zero attached hydrogens (tertiary/aromatic N) is 2. The zero-order valence-electron chi connectivity index (χ0n) is 10.9. The molecule has 1 aromatic rings. The average Bonchev–Trinajstić information content (AvgIpc) is 2.81. The van der Waals surface area contributed by atoms with Crippen molar-refractivity contribution in [2.45, 2.75) is 32.6 Å². The van der Waals surface area contributed by atoms with Gasteiger partial charge in [0.15, 0.2) is 0 Å². The summed E-state index contributed by atoms with van der Waals surface area (Å²) in [5.41, 5.74) is 1.33. The van der Waals surface area contributed by atoms with E-state index in [1.54, 1.807) is 17.2 Å². The standard InChI is InChI=1S/C14H19ClN2O/c1-10-7-13(15)12(8-16-10)14(18)17(2)9-11-5-3-4-6-11/h7-8,11H,3-6,9H2,1-2H3. The van der Waals surface area contributed by atoms with Crippen LogP contribution < -0.4 is 0 Å². The fraction of sp³-hybridized carbons (Fsp3) is 0.571. The molecule has 1 saturated carbocycles. The van der Waals surface area contributed by atoms with Crippen molar-refractivity contribution in [1.29, 1.82) is 0 Å². The van der Waals surface area contributed by atoms with Crippen LogP contribution in [0.1, 0.15) is 41.7 Å². The molecule has 0 unspecified atom stereocenters. The van der Waals surface area contributed by atoms with Crippen LogP contribution in [0.5, 0.6) is 0 Å². The first-order chi connectivity index (χ1) is 8.58. The quantitative estimate of drug-likeness (QED) is 0.841. The summed E-state index contributed by atoms with van der Waals surface area (Å²) in [5.74, 6) is 0.621. The lowest BCUT2D eigenvalue weighted by atomic mass is 10.1. The molecule has 0 aliphatic heterocycles. The van der Waals surface area contributed by atoms with E-state index in [4.69, 9.17) is 11.6 Å². The SMILES string of the molecule is Cc1cc(Cl)c(C(=O)N(C)CC2CCCC2)cn1. The van der Waals surface area contributed by atoms with Crippen molar-refractivity contribution in [3.05, 3.63) is 28.5 Å². The molecule has 1 amide bonds. The highest BCUT2D eigenvalue weighted by atomic mass is 35.5. The van der Waals surface area contributed by atoms with E-state index in [0.29, 0.717) is 16.5 Å². The second-order valence-corrected chi connectivity index (χ2v) is 5.55. The molecule has 0 bridgehead atoms. The lowest BCUT2D eigenvalue weighted by Crippen LogP contribution is -2.31. The number of carbonyl (C=O) groups is 1. The molecule has 0 saturated heterocycles. The van der Waals surface area contributed by atoms with Crippen molar-refractivity contribution >= 4 is 17.5 Å². The number of hydrogen-bond donors (Lipinski definition) is 0. The van der Waals surface area contributed by atoms with Gasteiger partial charge in [-0.05, 0) is 31.7 Å². The van der Waals surface area contributed by atoms with Gasteiger partial charge in [-0.2, -0.15) is 0 Å². The minimum absolute atomic E-state index is 0.0283. The first-order valence-electron chi connectivity index (χ1n) is 6.45. The summed E-state index contributed by atoms with van der Waals surface area (Å²) in [6.45, 7) is 2.69. The van der Waals surface area contributed by atoms with Crippen LogP contribution in [0, 0.1) is 12.8 Å². The molecule has 0 aromatic carbocycles. The fourth-order valence-electron chi connectivity index (χ4n) is 2.55. The molecule has 98 valence electrons. The smallest absolute Gasteiger partial charge is 0.256 e. The predicted octanol–water partition coefficient (Wildman–Crippen LogP) is 3.31. The summed E-state index contributed by atoms with van der Waals surface area (Å²) in [6, 6.07) is 1.73. The largest absolute Gasteiger partial charge is 0.341 e. The minimum atomic E-state index is -0.0283. The number of pyridine rings is 1. The molecule has 0 N–H and O–H groups in total. The first-order valence-corrected chi connectivity index (χ1v) is 6.83. The third-order valence-corrected chi connectivity index (χ3v) is 3.89. The summed E-state index contributed by atoms with van der Waals surface area (Å²) in [6.07, 6.45) is 6.62. The number of carbonyl (C=O) groups excluding carboxylic acids is 1. The van der Waals surface area contributed by atoms with E-state index in [-0.39, 0.29) is 5.91 Å². The van der Waals surface area contributed by atoms with Gasteiger partial charge in [0.2, 0.25) is 0 Å². The molecule has 1 fully saturated rings. The first kappa shape index (κ1) is 13.3. The molecule has 0 radical (unpaired) electrons. The number of aryl methyl sites for hydroxylation is 1. The van der Waals surface area contributed by atoms with Crippen LogP contribution in [0.4, 0.5) is 0 Å². The summed E-state index contributed by atoms with van der Waals surface area (Å²) in [4.78, 5) is 18.2. The molecule has 4 heteroatoms. The van der Waals surface area contributed by atoms with Crippen molar-refractivity contribution in [3.8, 4) is 0 Å². The molecule has 1 aliphatic carbocycles. The number of aromatic nitrogens is 1. The Morgan fingerprint density at radius 1 is 1.50 bits per heavy atom. The Balaban J connectivity index is 2.05. The van der Waals surface area contributed by atoms with Gasteiger partial charge < -0.3 is 4.90 Å². The maximum atomic E-state index is 12.3. The second-order valence-electron chi connectivity index (χ2n) is 5.14. The highest BCUT2D eigenvalue weighted by Gasteiger charge is 2.21. The zero-order valence-corrected chi connectivity index (χ0v) is 11.7. The molecular formula is C14H19ClN2O. The predicted molar refractivity (Wildman–Crippen MR) is 72.9 cm³/mol. The summed E-state index contributed by atoms with van der Waals surface area (Å²) in [5, 5.41) is 0.491. The number of rotatable bonds is 3. The Kier molecular flexibility index (Phi) is 4.23. The topological polar surface area (TPSA) is 33.2 Å². The van der Waals surface area contributed by atoms with Crippen LogP contribution in [0.2, 0.25) is 5.02 Å². The molecule has 1 heterocycles. The van der Waals surface area contributed by atoms with E-state index in [0.717, 1.165) is 12.2 Å². The van der Waals surface area contributed by atoms with E-state index >= 15 is 0 Å². The third-order valence-electron chi connectivity index (χ3n) is 3.57. The van der Waals surface area contributed by atoms with Gasteiger partial charge in [-0.25, -0.2) is 0 Å². The van der Waals surface area contributed by atoms with Crippen molar-refractivity contribution < 1.29 is 4.79 Å². The van der Waals surface area contributed by atoms with Crippen molar-refractivity contribution in [3.63, 3.8) is 0 Å². The average molecular weight is 267 g/mol. The Labute approximate surface area is 113 Å². The van der Waals surface area contributed by atoms with Gasteiger partial charge in [-0.1, -0.05) is 24.4 Å². The zero-order chi connectivity index (χ0) is 13.1. The number of amides is 1. The lowest BCUT2D eigenvalue weighted by Gasteiger charge is -2.21. The van der Waals surface area contributed by atoms with E-state index in [9.17, 15) is 4.79 Å². The summed E-state index contributed by atoms with van der Waals surface area (Å²) in [7, 11) is 1.84. The number of hydrogen-bond acceptors (Lipinski definition) is 2. The highest BCUT2D eigenvalue weighted by Crippen LogP contribution is 2.26. The van der Waals surface area contributed by atoms with Crippen LogP contribution in [0.15, 0.2) is 12.3 Å². The van der Waals surface area contributed by atoms with Gasteiger partial charge >= 0.3 is 0 Å². The maximum Gasteiger partial charge on any atom is 0.256 e. The van der Waals surface area contributed by atoms with Crippen LogP contribution >= 0.6 is 11.6 Å². The normalized spacial score (nSPS) is 15.9. The van der Waals surface area contributed by atoms with Gasteiger partial charge in [-0.3, -0.25) is 9.78 Å². The molecule has 3 nitrogen and oxygen atoms in total. The van der Waals surface area contributed by atoms with Gasteiger partial charge in [-0.15, -0.1) is 0 Å². The molecule has 1 aliphatic rings. The van der Waals surface area contributed by atoms with E-state index in [1.807, 2.05) is 14.0 Å². The summed E-state index contributed by atoms with van der Waals surface area (Å²) < 4.78 is 0. The van der Waals surface area contributed by atoms with Gasteiger partial charge in [0.25, 0.3) is 5.91 Å². The highest BCUT2D eigenvalue weighted by molar-refractivity contribution is 6.33. The van der Waals surface area contributed by atoms with Crippen LogP contribution in [-0.2, 0) is 0 Å². The van der Waals surface area contributed by atoms with Crippen LogP contribution in [0.25, 0.3) is 0 Å². The Morgan fingerprint density at radius 3 is 2.78 bits per heavy atom. The maximum absolute atomic E-state index is 12.3. The van der Waals surface area contributed by atoms with Gasteiger partial charge in [0, 0.05) is 25.5 Å². The van der Waals surface area contributed by atoms with E-state index < -0.39 is 0 Å². The monoisotopic (exact) mass is 266 g/mol. The van der Waals surface area contributed by atoms with E-state index in [1.165, 1.54) is 25.7 Å². The van der Waals surface area contributed by atoms with Crippen molar-refractivity contribution in [1.82, 2.24) is 9.88 Å². The van der Waals surface area contributed by atoms with Crippen LogP contribution in [0.3, 0.4) is 0 Å². The fourth-order valence-corrected chi connectivity index (χ4v) is 2.84. The third kappa shape index (κ3) is 3.02.